The SMILES string of the molecule is c1ccc(N2c3nccnc3N(c3ccccc3)C23Oc2ccccc2O3)cc1. The molecule has 3 aromatic carbocycles. The molecule has 0 amide bonds. The van der Waals surface area contributed by atoms with Crippen LogP contribution in [0.4, 0.5) is 23.0 Å². The van der Waals surface area contributed by atoms with Crippen molar-refractivity contribution in [3.63, 3.8) is 0 Å². The summed E-state index contributed by atoms with van der Waals surface area (Å²) in [5.41, 5.74) is 1.78. The molecular weight excluding hydrogens is 364 g/mol. The Morgan fingerprint density at radius 3 is 1.41 bits per heavy atom. The van der Waals surface area contributed by atoms with Crippen LogP contribution < -0.4 is 19.3 Å². The van der Waals surface area contributed by atoms with Crippen LogP contribution in [-0.2, 0) is 0 Å². The number of anilines is 4. The van der Waals surface area contributed by atoms with Crippen molar-refractivity contribution < 1.29 is 9.47 Å². The number of nitrogens with zero attached hydrogens (tertiary/aromatic N) is 4. The third kappa shape index (κ3) is 2.23. The number of aromatic nitrogens is 2. The summed E-state index contributed by atoms with van der Waals surface area (Å²) < 4.78 is 13.0. The first-order valence-electron chi connectivity index (χ1n) is 9.35. The lowest BCUT2D eigenvalue weighted by molar-refractivity contribution is -0.0597. The van der Waals surface area contributed by atoms with Crippen LogP contribution in [0.3, 0.4) is 0 Å². The Morgan fingerprint density at radius 2 is 0.966 bits per heavy atom. The molecule has 3 heterocycles. The summed E-state index contributed by atoms with van der Waals surface area (Å²) in [4.78, 5) is 13.2. The standard InChI is InChI=1S/C23H16N4O2/c1-3-9-17(10-4-1)26-21-22(25-16-15-24-21)27(18-11-5-2-6-12-18)23(26)28-19-13-7-8-14-20(19)29-23/h1-16H. The molecule has 1 aromatic heterocycles. The summed E-state index contributed by atoms with van der Waals surface area (Å²) in [6.45, 7) is 0. The molecule has 1 spiro atoms. The van der Waals surface area contributed by atoms with E-state index in [0.29, 0.717) is 23.1 Å². The zero-order valence-corrected chi connectivity index (χ0v) is 15.3. The molecule has 2 aliphatic heterocycles. The summed E-state index contributed by atoms with van der Waals surface area (Å²) >= 11 is 0. The summed E-state index contributed by atoms with van der Waals surface area (Å²) in [7, 11) is 0. The van der Waals surface area contributed by atoms with Gasteiger partial charge in [0.05, 0.1) is 11.4 Å². The lowest BCUT2D eigenvalue weighted by Gasteiger charge is -2.38. The summed E-state index contributed by atoms with van der Waals surface area (Å²) in [6.07, 6.45) is 3.36. The second-order valence-electron chi connectivity index (χ2n) is 6.74. The van der Waals surface area contributed by atoms with Gasteiger partial charge in [-0.15, -0.1) is 0 Å². The molecule has 0 saturated heterocycles. The van der Waals surface area contributed by atoms with Gasteiger partial charge in [0.25, 0.3) is 0 Å². The van der Waals surface area contributed by atoms with E-state index in [4.69, 9.17) is 9.47 Å². The van der Waals surface area contributed by atoms with Crippen molar-refractivity contribution in [3.05, 3.63) is 97.3 Å². The van der Waals surface area contributed by atoms with Gasteiger partial charge in [0.2, 0.25) is 0 Å². The second-order valence-corrected chi connectivity index (χ2v) is 6.74. The molecule has 2 aliphatic rings. The van der Waals surface area contributed by atoms with Gasteiger partial charge in [-0.25, -0.2) is 19.8 Å². The van der Waals surface area contributed by atoms with Gasteiger partial charge in [-0.1, -0.05) is 48.5 Å². The lowest BCUT2D eigenvalue weighted by atomic mass is 10.3. The first kappa shape index (κ1) is 15.9. The van der Waals surface area contributed by atoms with Gasteiger partial charge in [0.15, 0.2) is 23.1 Å². The number of hydrogen-bond acceptors (Lipinski definition) is 6. The van der Waals surface area contributed by atoms with Crippen LogP contribution in [0.25, 0.3) is 0 Å². The minimum absolute atomic E-state index is 0.662. The third-order valence-electron chi connectivity index (χ3n) is 5.01. The Balaban J connectivity index is 1.63. The van der Waals surface area contributed by atoms with E-state index < -0.39 is 6.03 Å². The largest absolute Gasteiger partial charge is 0.446 e. The van der Waals surface area contributed by atoms with Crippen molar-refractivity contribution in [2.24, 2.45) is 0 Å². The highest BCUT2D eigenvalue weighted by Gasteiger charge is 2.61. The number of para-hydroxylation sites is 4. The van der Waals surface area contributed by atoms with Crippen LogP contribution in [0.5, 0.6) is 11.5 Å². The Hall–Kier alpha value is -4.06. The highest BCUT2D eigenvalue weighted by atomic mass is 16.8. The number of rotatable bonds is 2. The monoisotopic (exact) mass is 380 g/mol. The van der Waals surface area contributed by atoms with Crippen LogP contribution >= 0.6 is 0 Å². The van der Waals surface area contributed by atoms with Gasteiger partial charge >= 0.3 is 6.03 Å². The highest BCUT2D eigenvalue weighted by Crippen LogP contribution is 2.55. The number of hydrogen-bond donors (Lipinski definition) is 0. The maximum Gasteiger partial charge on any atom is 0.446 e. The van der Waals surface area contributed by atoms with Crippen molar-refractivity contribution in [1.29, 1.82) is 0 Å². The van der Waals surface area contributed by atoms with Gasteiger partial charge in [0, 0.05) is 12.4 Å². The van der Waals surface area contributed by atoms with Gasteiger partial charge < -0.3 is 9.47 Å². The van der Waals surface area contributed by atoms with Crippen molar-refractivity contribution >= 4 is 23.0 Å². The predicted molar refractivity (Wildman–Crippen MR) is 110 cm³/mol. The minimum atomic E-state index is -1.31. The molecule has 0 N–H and O–H groups in total. The average molecular weight is 380 g/mol. The fourth-order valence-electron chi connectivity index (χ4n) is 3.84. The van der Waals surface area contributed by atoms with E-state index in [1.165, 1.54) is 0 Å². The van der Waals surface area contributed by atoms with Crippen LogP contribution in [-0.4, -0.2) is 16.0 Å². The van der Waals surface area contributed by atoms with E-state index in [1.54, 1.807) is 12.4 Å². The first-order chi connectivity index (χ1) is 14.4. The molecule has 29 heavy (non-hydrogen) atoms. The molecule has 6 rings (SSSR count). The van der Waals surface area contributed by atoms with E-state index >= 15 is 0 Å². The van der Waals surface area contributed by atoms with Gasteiger partial charge in [-0.2, -0.15) is 0 Å². The summed E-state index contributed by atoms with van der Waals surface area (Å²) in [6, 6.07) is 26.2. The topological polar surface area (TPSA) is 50.7 Å². The van der Waals surface area contributed by atoms with Crippen LogP contribution in [0.2, 0.25) is 0 Å². The molecule has 4 aromatic rings. The summed E-state index contributed by atoms with van der Waals surface area (Å²) in [5.74, 6) is 2.66. The fourth-order valence-corrected chi connectivity index (χ4v) is 3.84. The van der Waals surface area contributed by atoms with E-state index in [9.17, 15) is 0 Å². The minimum Gasteiger partial charge on any atom is -0.413 e. The van der Waals surface area contributed by atoms with Crippen molar-refractivity contribution in [2.75, 3.05) is 9.80 Å². The molecule has 6 heteroatoms. The Labute approximate surface area is 167 Å². The van der Waals surface area contributed by atoms with Crippen molar-refractivity contribution in [2.45, 2.75) is 6.03 Å². The van der Waals surface area contributed by atoms with Gasteiger partial charge in [-0.3, -0.25) is 0 Å². The number of ether oxygens (including phenoxy) is 2. The van der Waals surface area contributed by atoms with Gasteiger partial charge in [0.1, 0.15) is 0 Å². The fraction of sp³-hybridized carbons (Fsp3) is 0.0435. The van der Waals surface area contributed by atoms with Gasteiger partial charge in [-0.05, 0) is 36.4 Å². The molecular formula is C23H16N4O2. The normalized spacial score (nSPS) is 15.6. The van der Waals surface area contributed by atoms with E-state index in [0.717, 1.165) is 11.4 Å². The Morgan fingerprint density at radius 1 is 0.552 bits per heavy atom. The highest BCUT2D eigenvalue weighted by molar-refractivity contribution is 5.84. The maximum absolute atomic E-state index is 6.52. The molecule has 0 bridgehead atoms. The smallest absolute Gasteiger partial charge is 0.413 e. The third-order valence-corrected chi connectivity index (χ3v) is 5.01. The van der Waals surface area contributed by atoms with Crippen LogP contribution in [0, 0.1) is 0 Å². The molecule has 6 nitrogen and oxygen atoms in total. The van der Waals surface area contributed by atoms with Crippen LogP contribution in [0.15, 0.2) is 97.3 Å². The molecule has 140 valence electrons. The Bertz CT molecular complexity index is 1090. The lowest BCUT2D eigenvalue weighted by Crippen LogP contribution is -2.60. The molecule has 0 saturated carbocycles. The van der Waals surface area contributed by atoms with Crippen molar-refractivity contribution in [1.82, 2.24) is 9.97 Å². The number of fused-ring (bicyclic) bond motifs is 2. The molecule has 0 unspecified atom stereocenters. The summed E-state index contributed by atoms with van der Waals surface area (Å²) in [5, 5.41) is 0. The first-order valence-corrected chi connectivity index (χ1v) is 9.35. The molecule has 0 radical (unpaired) electrons. The maximum atomic E-state index is 6.52. The van der Waals surface area contributed by atoms with E-state index in [2.05, 4.69) is 9.97 Å². The van der Waals surface area contributed by atoms with E-state index in [-0.39, 0.29) is 0 Å². The second kappa shape index (κ2) is 5.97. The Kier molecular flexibility index (Phi) is 3.28. The quantitative estimate of drug-likeness (QED) is 0.496. The van der Waals surface area contributed by atoms with E-state index in [1.807, 2.05) is 94.7 Å². The van der Waals surface area contributed by atoms with Crippen molar-refractivity contribution in [3.8, 4) is 11.5 Å². The van der Waals surface area contributed by atoms with Crippen LogP contribution in [0.1, 0.15) is 0 Å². The molecule has 0 fully saturated rings. The zero-order chi connectivity index (χ0) is 19.3. The average Bonchev–Trinajstić information content (AvgIpc) is 3.29. The number of benzene rings is 3. The zero-order valence-electron chi connectivity index (χ0n) is 15.3. The molecule has 0 aliphatic carbocycles. The molecule has 0 atom stereocenters. The predicted octanol–water partition coefficient (Wildman–Crippen LogP) is 4.85.